The highest BCUT2D eigenvalue weighted by Crippen LogP contribution is 2.31. The van der Waals surface area contributed by atoms with E-state index in [1.54, 1.807) is 37.3 Å². The number of benzene rings is 2. The van der Waals surface area contributed by atoms with E-state index in [0.29, 0.717) is 30.2 Å². The van der Waals surface area contributed by atoms with Crippen molar-refractivity contribution < 1.29 is 19.0 Å². The van der Waals surface area contributed by atoms with Crippen LogP contribution in [0.25, 0.3) is 0 Å². The van der Waals surface area contributed by atoms with Crippen LogP contribution in [0.2, 0.25) is 0 Å². The molecule has 2 aromatic rings. The molecule has 0 N–H and O–H groups in total. The quantitative estimate of drug-likeness (QED) is 0.839. The van der Waals surface area contributed by atoms with Crippen LogP contribution in [0.5, 0.6) is 11.5 Å². The summed E-state index contributed by atoms with van der Waals surface area (Å²) in [5.74, 6) is 0.888. The van der Waals surface area contributed by atoms with E-state index in [-0.39, 0.29) is 12.0 Å². The first-order valence-corrected chi connectivity index (χ1v) is 8.29. The molecule has 0 aliphatic carbocycles. The Bertz CT molecular complexity index is 759. The van der Waals surface area contributed by atoms with Gasteiger partial charge in [-0.15, -0.1) is 0 Å². The largest absolute Gasteiger partial charge is 0.493 e. The van der Waals surface area contributed by atoms with Crippen LogP contribution in [-0.2, 0) is 17.8 Å². The lowest BCUT2D eigenvalue weighted by Gasteiger charge is -2.29. The van der Waals surface area contributed by atoms with Crippen LogP contribution in [0, 0.1) is 0 Å². The Balaban J connectivity index is 1.72. The fourth-order valence-electron chi connectivity index (χ4n) is 3.18. The zero-order chi connectivity index (χ0) is 17.8. The van der Waals surface area contributed by atoms with Crippen molar-refractivity contribution >= 4 is 5.91 Å². The lowest BCUT2D eigenvalue weighted by molar-refractivity contribution is 0.00977. The van der Waals surface area contributed by atoms with Crippen LogP contribution in [-0.4, -0.2) is 44.7 Å². The van der Waals surface area contributed by atoms with E-state index < -0.39 is 0 Å². The van der Waals surface area contributed by atoms with Crippen molar-refractivity contribution in [3.63, 3.8) is 0 Å². The van der Waals surface area contributed by atoms with E-state index >= 15 is 0 Å². The number of carbonyl (C=O) groups excluding carboxylic acids is 1. The zero-order valence-corrected chi connectivity index (χ0v) is 14.8. The first-order valence-electron chi connectivity index (χ1n) is 8.29. The standard InChI is InChI=1S/C20H23NO4/c1-21(12-16-11-14-7-4-5-8-15(14)13-25-16)20(22)17-9-6-10-18(23-2)19(17)24-3/h4-10,16H,11-13H2,1-3H3. The van der Waals surface area contributed by atoms with Gasteiger partial charge in [0.1, 0.15) is 0 Å². The van der Waals surface area contributed by atoms with Crippen LogP contribution in [0.15, 0.2) is 42.5 Å². The Hall–Kier alpha value is -2.53. The van der Waals surface area contributed by atoms with Gasteiger partial charge in [-0.1, -0.05) is 30.3 Å². The Morgan fingerprint density at radius 3 is 2.60 bits per heavy atom. The van der Waals surface area contributed by atoms with E-state index in [1.807, 2.05) is 12.1 Å². The maximum Gasteiger partial charge on any atom is 0.257 e. The molecule has 5 nitrogen and oxygen atoms in total. The van der Waals surface area contributed by atoms with Gasteiger partial charge in [-0.05, 0) is 23.3 Å². The molecule has 0 aromatic heterocycles. The first-order chi connectivity index (χ1) is 12.1. The van der Waals surface area contributed by atoms with Crippen molar-refractivity contribution in [2.45, 2.75) is 19.1 Å². The van der Waals surface area contributed by atoms with E-state index in [0.717, 1.165) is 6.42 Å². The third-order valence-corrected chi connectivity index (χ3v) is 4.50. The molecule has 1 aliphatic rings. The third-order valence-electron chi connectivity index (χ3n) is 4.50. The Morgan fingerprint density at radius 1 is 1.12 bits per heavy atom. The lowest BCUT2D eigenvalue weighted by atomic mass is 9.99. The van der Waals surface area contributed by atoms with E-state index in [1.165, 1.54) is 18.2 Å². The normalized spacial score (nSPS) is 16.0. The van der Waals surface area contributed by atoms with Gasteiger partial charge in [-0.3, -0.25) is 4.79 Å². The Labute approximate surface area is 148 Å². The van der Waals surface area contributed by atoms with Crippen LogP contribution >= 0.6 is 0 Å². The summed E-state index contributed by atoms with van der Waals surface area (Å²) in [4.78, 5) is 14.5. The summed E-state index contributed by atoms with van der Waals surface area (Å²) in [5.41, 5.74) is 3.00. The van der Waals surface area contributed by atoms with Gasteiger partial charge in [0.25, 0.3) is 5.91 Å². The number of fused-ring (bicyclic) bond motifs is 1. The first kappa shape index (κ1) is 17.3. The number of methoxy groups -OCH3 is 2. The molecular weight excluding hydrogens is 318 g/mol. The molecule has 0 fully saturated rings. The number of hydrogen-bond donors (Lipinski definition) is 0. The highest BCUT2D eigenvalue weighted by atomic mass is 16.5. The topological polar surface area (TPSA) is 48.0 Å². The molecule has 1 aliphatic heterocycles. The molecule has 1 amide bonds. The summed E-state index contributed by atoms with van der Waals surface area (Å²) < 4.78 is 16.6. The fraction of sp³-hybridized carbons (Fsp3) is 0.350. The second-order valence-electron chi connectivity index (χ2n) is 6.13. The highest BCUT2D eigenvalue weighted by Gasteiger charge is 2.25. The van der Waals surface area contributed by atoms with Crippen molar-refractivity contribution in [1.29, 1.82) is 0 Å². The molecule has 0 saturated heterocycles. The molecule has 0 bridgehead atoms. The number of likely N-dealkylation sites (N-methyl/N-ethyl adjacent to an activating group) is 1. The smallest absolute Gasteiger partial charge is 0.257 e. The van der Waals surface area contributed by atoms with Crippen LogP contribution in [0.4, 0.5) is 0 Å². The number of hydrogen-bond acceptors (Lipinski definition) is 4. The summed E-state index contributed by atoms with van der Waals surface area (Å²) in [5, 5.41) is 0. The van der Waals surface area contributed by atoms with Gasteiger partial charge in [-0.2, -0.15) is 0 Å². The summed E-state index contributed by atoms with van der Waals surface area (Å²) >= 11 is 0. The van der Waals surface area contributed by atoms with Crippen LogP contribution < -0.4 is 9.47 Å². The molecule has 0 spiro atoms. The van der Waals surface area contributed by atoms with Gasteiger partial charge in [0.2, 0.25) is 0 Å². The Kier molecular flexibility index (Phi) is 5.24. The number of rotatable bonds is 5. The average molecular weight is 341 g/mol. The monoisotopic (exact) mass is 341 g/mol. The summed E-state index contributed by atoms with van der Waals surface area (Å²) in [6.07, 6.45) is 0.795. The highest BCUT2D eigenvalue weighted by molar-refractivity contribution is 5.97. The van der Waals surface area contributed by atoms with Crippen molar-refractivity contribution in [3.05, 3.63) is 59.2 Å². The third kappa shape index (κ3) is 3.61. The molecule has 1 atom stereocenters. The summed E-state index contributed by atoms with van der Waals surface area (Å²) in [6, 6.07) is 13.6. The molecule has 5 heteroatoms. The van der Waals surface area contributed by atoms with Crippen molar-refractivity contribution in [2.75, 3.05) is 27.8 Å². The van der Waals surface area contributed by atoms with Gasteiger partial charge in [0.15, 0.2) is 11.5 Å². The summed E-state index contributed by atoms with van der Waals surface area (Å²) in [7, 11) is 4.88. The van der Waals surface area contributed by atoms with Crippen LogP contribution in [0.1, 0.15) is 21.5 Å². The minimum Gasteiger partial charge on any atom is -0.493 e. The molecule has 1 heterocycles. The predicted molar refractivity (Wildman–Crippen MR) is 95.2 cm³/mol. The second kappa shape index (κ2) is 7.57. The zero-order valence-electron chi connectivity index (χ0n) is 14.8. The number of amides is 1. The van der Waals surface area contributed by atoms with Gasteiger partial charge in [0, 0.05) is 20.0 Å². The number of carbonyl (C=O) groups is 1. The lowest BCUT2D eigenvalue weighted by Crippen LogP contribution is -2.38. The van der Waals surface area contributed by atoms with E-state index in [2.05, 4.69) is 12.1 Å². The van der Waals surface area contributed by atoms with Gasteiger partial charge in [-0.25, -0.2) is 0 Å². The number of para-hydroxylation sites is 1. The molecule has 0 radical (unpaired) electrons. The van der Waals surface area contributed by atoms with Gasteiger partial charge >= 0.3 is 0 Å². The fourth-order valence-corrected chi connectivity index (χ4v) is 3.18. The molecule has 3 rings (SSSR count). The van der Waals surface area contributed by atoms with Gasteiger partial charge < -0.3 is 19.1 Å². The average Bonchev–Trinajstić information content (AvgIpc) is 2.66. The van der Waals surface area contributed by atoms with Crippen molar-refractivity contribution in [2.24, 2.45) is 0 Å². The Morgan fingerprint density at radius 2 is 1.88 bits per heavy atom. The minimum absolute atomic E-state index is 0.0135. The molecule has 25 heavy (non-hydrogen) atoms. The van der Waals surface area contributed by atoms with Crippen LogP contribution in [0.3, 0.4) is 0 Å². The molecule has 1 unspecified atom stereocenters. The van der Waals surface area contributed by atoms with Gasteiger partial charge in [0.05, 0.1) is 32.5 Å². The number of nitrogens with zero attached hydrogens (tertiary/aromatic N) is 1. The molecule has 0 saturated carbocycles. The summed E-state index contributed by atoms with van der Waals surface area (Å²) in [6.45, 7) is 1.11. The van der Waals surface area contributed by atoms with Crippen molar-refractivity contribution in [3.8, 4) is 11.5 Å². The maximum absolute atomic E-state index is 12.8. The molecule has 2 aromatic carbocycles. The van der Waals surface area contributed by atoms with E-state index in [4.69, 9.17) is 14.2 Å². The minimum atomic E-state index is -0.113. The molecular formula is C20H23NO4. The predicted octanol–water partition coefficient (Wildman–Crippen LogP) is 2.92. The maximum atomic E-state index is 12.8. The van der Waals surface area contributed by atoms with Crippen molar-refractivity contribution in [1.82, 2.24) is 4.90 Å². The number of ether oxygens (including phenoxy) is 3. The molecule has 132 valence electrons. The van der Waals surface area contributed by atoms with E-state index in [9.17, 15) is 4.79 Å². The second-order valence-corrected chi connectivity index (χ2v) is 6.13. The SMILES string of the molecule is COc1cccc(C(=O)N(C)CC2Cc3ccccc3CO2)c1OC.